The fraction of sp³-hybridized carbons (Fsp3) is 0.238. The van der Waals surface area contributed by atoms with E-state index in [0.717, 1.165) is 11.3 Å². The summed E-state index contributed by atoms with van der Waals surface area (Å²) >= 11 is 1.41. The molecular formula is C21H21NO3S. The highest BCUT2D eigenvalue weighted by Gasteiger charge is 2.39. The topological polar surface area (TPSA) is 46.6 Å². The lowest BCUT2D eigenvalue weighted by atomic mass is 10.1. The third-order valence-electron chi connectivity index (χ3n) is 3.86. The van der Waals surface area contributed by atoms with Crippen LogP contribution in [0.2, 0.25) is 0 Å². The molecule has 0 spiro atoms. The number of hydrogen-bond donors (Lipinski definition) is 0. The Bertz CT molecular complexity index is 841. The van der Waals surface area contributed by atoms with Gasteiger partial charge in [0.05, 0.1) is 22.3 Å². The maximum atomic E-state index is 13.1. The van der Waals surface area contributed by atoms with Gasteiger partial charge in [0.1, 0.15) is 5.75 Å². The van der Waals surface area contributed by atoms with E-state index in [1.54, 1.807) is 24.3 Å². The number of rotatable bonds is 6. The van der Waals surface area contributed by atoms with Crippen LogP contribution in [0.25, 0.3) is 5.57 Å². The Balaban J connectivity index is 1.96. The van der Waals surface area contributed by atoms with Gasteiger partial charge in [0, 0.05) is 0 Å². The smallest absolute Gasteiger partial charge is 0.272 e. The van der Waals surface area contributed by atoms with Crippen LogP contribution < -0.4 is 9.64 Å². The van der Waals surface area contributed by atoms with Crippen LogP contribution >= 0.6 is 11.8 Å². The van der Waals surface area contributed by atoms with Crippen molar-refractivity contribution in [3.63, 3.8) is 0 Å². The predicted octanol–water partition coefficient (Wildman–Crippen LogP) is 4.51. The molecule has 0 atom stereocenters. The number of thioether (sulfide) groups is 1. The summed E-state index contributed by atoms with van der Waals surface area (Å²) in [4.78, 5) is 27.8. The van der Waals surface area contributed by atoms with Crippen LogP contribution in [0.4, 0.5) is 5.69 Å². The zero-order chi connectivity index (χ0) is 18.7. The molecule has 0 fully saturated rings. The quantitative estimate of drug-likeness (QED) is 0.705. The minimum Gasteiger partial charge on any atom is -0.491 e. The molecule has 0 radical (unpaired) electrons. The van der Waals surface area contributed by atoms with E-state index in [0.29, 0.717) is 21.9 Å². The van der Waals surface area contributed by atoms with Gasteiger partial charge in [-0.1, -0.05) is 37.3 Å². The minimum atomic E-state index is -0.283. The molecule has 0 bridgehead atoms. The van der Waals surface area contributed by atoms with Crippen molar-refractivity contribution in [1.29, 1.82) is 0 Å². The first-order chi connectivity index (χ1) is 12.5. The van der Waals surface area contributed by atoms with Crippen molar-refractivity contribution in [1.82, 2.24) is 0 Å². The summed E-state index contributed by atoms with van der Waals surface area (Å²) in [6.07, 6.45) is 0.0646. The first kappa shape index (κ1) is 18.3. The van der Waals surface area contributed by atoms with Crippen LogP contribution in [0.3, 0.4) is 0 Å². The molecule has 0 aliphatic carbocycles. The van der Waals surface area contributed by atoms with E-state index in [1.807, 2.05) is 51.1 Å². The lowest BCUT2D eigenvalue weighted by Crippen LogP contribution is -2.31. The number of amides is 2. The first-order valence-corrected chi connectivity index (χ1v) is 9.59. The highest BCUT2D eigenvalue weighted by atomic mass is 32.2. The molecular weight excluding hydrogens is 346 g/mol. The lowest BCUT2D eigenvalue weighted by molar-refractivity contribution is -0.119. The fourth-order valence-electron chi connectivity index (χ4n) is 2.83. The Labute approximate surface area is 157 Å². The molecule has 0 aromatic heterocycles. The number of anilines is 1. The number of carbonyl (C=O) groups is 2. The van der Waals surface area contributed by atoms with E-state index in [2.05, 4.69) is 0 Å². The fourth-order valence-corrected chi connectivity index (χ4v) is 3.68. The summed E-state index contributed by atoms with van der Waals surface area (Å²) in [7, 11) is 0. The largest absolute Gasteiger partial charge is 0.491 e. The van der Waals surface area contributed by atoms with Crippen molar-refractivity contribution in [2.24, 2.45) is 0 Å². The molecule has 1 heterocycles. The first-order valence-electron chi connectivity index (χ1n) is 8.61. The third-order valence-corrected chi connectivity index (χ3v) is 4.82. The third kappa shape index (κ3) is 3.53. The van der Waals surface area contributed by atoms with Crippen LogP contribution in [-0.4, -0.2) is 23.7 Å². The average Bonchev–Trinajstić information content (AvgIpc) is 2.87. The van der Waals surface area contributed by atoms with Gasteiger partial charge in [-0.3, -0.25) is 9.59 Å². The molecule has 0 saturated heterocycles. The molecule has 0 saturated carbocycles. The lowest BCUT2D eigenvalue weighted by Gasteiger charge is -2.16. The van der Waals surface area contributed by atoms with Crippen LogP contribution in [0, 0.1) is 0 Å². The van der Waals surface area contributed by atoms with Crippen molar-refractivity contribution >= 4 is 34.8 Å². The van der Waals surface area contributed by atoms with Crippen LogP contribution in [0.15, 0.2) is 59.5 Å². The van der Waals surface area contributed by atoms with Crippen LogP contribution in [0.1, 0.15) is 26.3 Å². The highest BCUT2D eigenvalue weighted by Crippen LogP contribution is 2.38. The van der Waals surface area contributed by atoms with Gasteiger partial charge < -0.3 is 4.74 Å². The molecule has 0 N–H and O–H groups in total. The Morgan fingerprint density at radius 2 is 1.62 bits per heavy atom. The van der Waals surface area contributed by atoms with E-state index in [1.165, 1.54) is 16.7 Å². The molecule has 134 valence electrons. The zero-order valence-electron chi connectivity index (χ0n) is 15.1. The monoisotopic (exact) mass is 367 g/mol. The molecule has 2 amide bonds. The molecule has 5 heteroatoms. The normalized spacial score (nSPS) is 14.5. The second-order valence-electron chi connectivity index (χ2n) is 6.11. The SMILES string of the molecule is CCSC1=C(c2ccccc2)C(=O)N(c2ccc(OC(C)C)cc2)C1=O. The standard InChI is InChI=1S/C21H21NO3S/c1-4-26-19-18(15-8-6-5-7-9-15)20(23)22(21(19)24)16-10-12-17(13-11-16)25-14(2)3/h5-14H,4H2,1-3H3. The molecule has 2 aromatic rings. The van der Waals surface area contributed by atoms with Crippen LogP contribution in [-0.2, 0) is 9.59 Å². The van der Waals surface area contributed by atoms with Gasteiger partial charge >= 0.3 is 0 Å². The van der Waals surface area contributed by atoms with E-state index in [-0.39, 0.29) is 17.9 Å². The summed E-state index contributed by atoms with van der Waals surface area (Å²) in [5, 5.41) is 0. The van der Waals surface area contributed by atoms with Gasteiger partial charge in [0.25, 0.3) is 11.8 Å². The van der Waals surface area contributed by atoms with Gasteiger partial charge in [-0.25, -0.2) is 4.90 Å². The molecule has 4 nitrogen and oxygen atoms in total. The Kier molecular flexibility index (Phi) is 5.47. The van der Waals surface area contributed by atoms with Gasteiger partial charge in [0.2, 0.25) is 0 Å². The summed E-state index contributed by atoms with van der Waals surface area (Å²) in [5.74, 6) is 0.884. The summed E-state index contributed by atoms with van der Waals surface area (Å²) in [6.45, 7) is 5.87. The Morgan fingerprint density at radius 3 is 2.19 bits per heavy atom. The highest BCUT2D eigenvalue weighted by molar-refractivity contribution is 8.04. The van der Waals surface area contributed by atoms with Crippen molar-refractivity contribution in [2.75, 3.05) is 10.7 Å². The van der Waals surface area contributed by atoms with Gasteiger partial charge in [0.15, 0.2) is 0 Å². The van der Waals surface area contributed by atoms with Gasteiger partial charge in [-0.2, -0.15) is 0 Å². The Hall–Kier alpha value is -2.53. The van der Waals surface area contributed by atoms with E-state index in [4.69, 9.17) is 4.74 Å². The van der Waals surface area contributed by atoms with Crippen molar-refractivity contribution in [3.05, 3.63) is 65.1 Å². The molecule has 1 aliphatic heterocycles. The number of imide groups is 1. The molecule has 26 heavy (non-hydrogen) atoms. The van der Waals surface area contributed by atoms with Gasteiger partial charge in [-0.05, 0) is 49.4 Å². The number of hydrogen-bond acceptors (Lipinski definition) is 4. The van der Waals surface area contributed by atoms with Crippen molar-refractivity contribution < 1.29 is 14.3 Å². The number of ether oxygens (including phenoxy) is 1. The maximum Gasteiger partial charge on any atom is 0.272 e. The molecule has 0 unspecified atom stereocenters. The average molecular weight is 367 g/mol. The van der Waals surface area contributed by atoms with Crippen LogP contribution in [0.5, 0.6) is 5.75 Å². The Morgan fingerprint density at radius 1 is 0.962 bits per heavy atom. The number of nitrogens with zero attached hydrogens (tertiary/aromatic N) is 1. The summed E-state index contributed by atoms with van der Waals surface area (Å²) in [6, 6.07) is 16.4. The predicted molar refractivity (Wildman–Crippen MR) is 106 cm³/mol. The number of benzene rings is 2. The van der Waals surface area contributed by atoms with E-state index >= 15 is 0 Å². The zero-order valence-corrected chi connectivity index (χ0v) is 15.9. The molecule has 1 aliphatic rings. The van der Waals surface area contributed by atoms with Crippen molar-refractivity contribution in [3.8, 4) is 5.75 Å². The second-order valence-corrected chi connectivity index (χ2v) is 7.38. The second kappa shape index (κ2) is 7.79. The summed E-state index contributed by atoms with van der Waals surface area (Å²) < 4.78 is 5.63. The minimum absolute atomic E-state index is 0.0646. The van der Waals surface area contributed by atoms with E-state index < -0.39 is 0 Å². The maximum absolute atomic E-state index is 13.1. The van der Waals surface area contributed by atoms with E-state index in [9.17, 15) is 9.59 Å². The summed E-state index contributed by atoms with van der Waals surface area (Å²) in [5.41, 5.74) is 1.80. The van der Waals surface area contributed by atoms with Gasteiger partial charge in [-0.15, -0.1) is 11.8 Å². The van der Waals surface area contributed by atoms with Crippen molar-refractivity contribution in [2.45, 2.75) is 26.9 Å². The molecule has 2 aromatic carbocycles. The number of carbonyl (C=O) groups excluding carboxylic acids is 2. The molecule has 3 rings (SSSR count).